The Labute approximate surface area is 250 Å². The number of anilines is 1. The number of aromatic nitrogens is 4. The van der Waals surface area contributed by atoms with Gasteiger partial charge in [0.2, 0.25) is 5.95 Å². The van der Waals surface area contributed by atoms with Crippen molar-refractivity contribution in [3.8, 4) is 17.6 Å². The van der Waals surface area contributed by atoms with E-state index in [4.69, 9.17) is 14.5 Å². The number of amides is 1. The van der Waals surface area contributed by atoms with Gasteiger partial charge in [-0.2, -0.15) is 4.98 Å². The normalized spacial score (nSPS) is 15.3. The number of hydrogen-bond donors (Lipinski definition) is 1. The van der Waals surface area contributed by atoms with Crippen LogP contribution in [0.1, 0.15) is 46.1 Å². The number of nitrogens with one attached hydrogen (secondary N) is 1. The van der Waals surface area contributed by atoms with Gasteiger partial charge in [0.25, 0.3) is 5.56 Å². The molecule has 1 aliphatic rings. The van der Waals surface area contributed by atoms with Gasteiger partial charge in [0, 0.05) is 31.6 Å². The van der Waals surface area contributed by atoms with E-state index in [-0.39, 0.29) is 19.1 Å². The molecule has 0 unspecified atom stereocenters. The summed E-state index contributed by atoms with van der Waals surface area (Å²) in [4.78, 5) is 47.0. The Bertz CT molecular complexity index is 1870. The van der Waals surface area contributed by atoms with E-state index in [1.165, 1.54) is 9.13 Å². The standard InChI is InChI=1S/C32H38N6O5/c1-7-8-18-37-26-27(34-29(37)36-17-11-12-22(20-36)33-30(40)43-32(2,3)4)35(5)31(41)38(28(26)39)19-21-15-16-25(42-6)24-14-10-9-13-23(21)24/h9-10,13-16,22H,11-12,17-20H2,1-6H3,(H,33,40)/t22-/m0/s1. The number of aryl methyl sites for hydroxylation is 1. The van der Waals surface area contributed by atoms with E-state index in [9.17, 15) is 14.4 Å². The second-order valence-electron chi connectivity index (χ2n) is 11.7. The van der Waals surface area contributed by atoms with E-state index in [2.05, 4.69) is 17.2 Å². The van der Waals surface area contributed by atoms with E-state index >= 15 is 0 Å². The van der Waals surface area contributed by atoms with E-state index in [1.807, 2.05) is 62.1 Å². The number of nitrogens with zero attached hydrogens (tertiary/aromatic N) is 5. The number of piperidine rings is 1. The minimum absolute atomic E-state index is 0.0809. The molecule has 0 spiro atoms. The first-order valence-electron chi connectivity index (χ1n) is 14.4. The zero-order chi connectivity index (χ0) is 30.9. The van der Waals surface area contributed by atoms with Crippen molar-refractivity contribution in [3.05, 3.63) is 62.8 Å². The van der Waals surface area contributed by atoms with Crippen LogP contribution in [0, 0.1) is 11.8 Å². The summed E-state index contributed by atoms with van der Waals surface area (Å²) < 4.78 is 15.4. The van der Waals surface area contributed by atoms with Crippen molar-refractivity contribution < 1.29 is 14.3 Å². The first-order valence-corrected chi connectivity index (χ1v) is 14.4. The Morgan fingerprint density at radius 3 is 2.56 bits per heavy atom. The Morgan fingerprint density at radius 2 is 1.86 bits per heavy atom. The van der Waals surface area contributed by atoms with Crippen molar-refractivity contribution >= 4 is 34.0 Å². The van der Waals surface area contributed by atoms with Crippen molar-refractivity contribution in [2.24, 2.45) is 7.05 Å². The van der Waals surface area contributed by atoms with Crippen molar-refractivity contribution in [1.82, 2.24) is 24.0 Å². The van der Waals surface area contributed by atoms with E-state index in [0.29, 0.717) is 30.2 Å². The Kier molecular flexibility index (Phi) is 8.22. The number of fused-ring (bicyclic) bond motifs is 2. The number of alkyl carbamates (subject to hydrolysis) is 1. The Balaban J connectivity index is 1.57. The number of methoxy groups -OCH3 is 1. The SMILES string of the molecule is CC#CCn1c(N2CCC[C@H](NC(=O)OC(C)(C)C)C2)nc2c1c(=O)n(Cc1ccc(OC)c3ccccc13)c(=O)n2C. The number of benzene rings is 2. The second-order valence-corrected chi connectivity index (χ2v) is 11.7. The number of rotatable bonds is 6. The number of carbonyl (C=O) groups is 1. The molecule has 1 amide bonds. The summed E-state index contributed by atoms with van der Waals surface area (Å²) in [5.74, 6) is 7.23. The molecule has 0 radical (unpaired) electrons. The molecule has 0 saturated carbocycles. The van der Waals surface area contributed by atoms with Crippen LogP contribution in [0.4, 0.5) is 10.7 Å². The fraction of sp³-hybridized carbons (Fsp3) is 0.438. The van der Waals surface area contributed by atoms with Crippen LogP contribution >= 0.6 is 0 Å². The average Bonchev–Trinajstić information content (AvgIpc) is 3.36. The van der Waals surface area contributed by atoms with Gasteiger partial charge in [-0.05, 0) is 57.6 Å². The summed E-state index contributed by atoms with van der Waals surface area (Å²) in [6.45, 7) is 8.67. The van der Waals surface area contributed by atoms with Crippen molar-refractivity contribution in [2.75, 3.05) is 25.1 Å². The topological polar surface area (TPSA) is 113 Å². The molecular formula is C32H38N6O5. The summed E-state index contributed by atoms with van der Waals surface area (Å²) >= 11 is 0. The van der Waals surface area contributed by atoms with Crippen LogP contribution in [0.25, 0.3) is 21.9 Å². The van der Waals surface area contributed by atoms with Gasteiger partial charge in [-0.15, -0.1) is 5.92 Å². The maximum atomic E-state index is 14.1. The molecular weight excluding hydrogens is 548 g/mol. The summed E-state index contributed by atoms with van der Waals surface area (Å²) in [7, 11) is 3.24. The van der Waals surface area contributed by atoms with Gasteiger partial charge < -0.3 is 19.7 Å². The molecule has 5 rings (SSSR count). The molecule has 1 atom stereocenters. The maximum Gasteiger partial charge on any atom is 0.407 e. The summed E-state index contributed by atoms with van der Waals surface area (Å²) in [6, 6.07) is 11.3. The van der Waals surface area contributed by atoms with Gasteiger partial charge in [-0.1, -0.05) is 36.3 Å². The van der Waals surface area contributed by atoms with Gasteiger partial charge in [0.15, 0.2) is 11.2 Å². The quantitative estimate of drug-likeness (QED) is 0.344. The van der Waals surface area contributed by atoms with Crippen LogP contribution in [0.5, 0.6) is 5.75 Å². The molecule has 3 heterocycles. The van der Waals surface area contributed by atoms with Crippen molar-refractivity contribution in [3.63, 3.8) is 0 Å². The molecule has 226 valence electrons. The van der Waals surface area contributed by atoms with Crippen LogP contribution in [0.2, 0.25) is 0 Å². The van der Waals surface area contributed by atoms with Gasteiger partial charge in [-0.25, -0.2) is 9.59 Å². The zero-order valence-electron chi connectivity index (χ0n) is 25.6. The lowest BCUT2D eigenvalue weighted by molar-refractivity contribution is 0.0499. The first kappa shape index (κ1) is 29.8. The second kappa shape index (κ2) is 11.9. The van der Waals surface area contributed by atoms with E-state index in [1.54, 1.807) is 25.6 Å². The van der Waals surface area contributed by atoms with Crippen LogP contribution in [-0.2, 0) is 24.9 Å². The highest BCUT2D eigenvalue weighted by molar-refractivity contribution is 5.91. The van der Waals surface area contributed by atoms with Gasteiger partial charge >= 0.3 is 11.8 Å². The molecule has 2 aromatic carbocycles. The molecule has 1 saturated heterocycles. The number of imidazole rings is 1. The molecule has 1 aliphatic heterocycles. The molecule has 11 heteroatoms. The van der Waals surface area contributed by atoms with E-state index < -0.39 is 22.9 Å². The van der Waals surface area contributed by atoms with Crippen molar-refractivity contribution in [2.45, 2.75) is 65.3 Å². The smallest absolute Gasteiger partial charge is 0.407 e. The highest BCUT2D eigenvalue weighted by atomic mass is 16.6. The van der Waals surface area contributed by atoms with Gasteiger partial charge in [-0.3, -0.25) is 18.5 Å². The minimum Gasteiger partial charge on any atom is -0.496 e. The minimum atomic E-state index is -0.603. The van der Waals surface area contributed by atoms with Crippen molar-refractivity contribution in [1.29, 1.82) is 0 Å². The third-order valence-electron chi connectivity index (χ3n) is 7.57. The molecule has 0 aliphatic carbocycles. The summed E-state index contributed by atoms with van der Waals surface area (Å²) in [6.07, 6.45) is 1.11. The van der Waals surface area contributed by atoms with Crippen LogP contribution < -0.4 is 26.2 Å². The molecule has 4 aromatic rings. The van der Waals surface area contributed by atoms with Gasteiger partial charge in [0.05, 0.1) is 20.2 Å². The summed E-state index contributed by atoms with van der Waals surface area (Å²) in [5, 5.41) is 4.77. The average molecular weight is 587 g/mol. The largest absolute Gasteiger partial charge is 0.496 e. The number of carbonyl (C=O) groups excluding carboxylic acids is 1. The lowest BCUT2D eigenvalue weighted by Crippen LogP contribution is -2.49. The van der Waals surface area contributed by atoms with Crippen LogP contribution in [-0.4, -0.2) is 56.6 Å². The third-order valence-corrected chi connectivity index (χ3v) is 7.57. The highest BCUT2D eigenvalue weighted by Gasteiger charge is 2.29. The predicted molar refractivity (Wildman–Crippen MR) is 167 cm³/mol. The Morgan fingerprint density at radius 1 is 1.12 bits per heavy atom. The number of ether oxygens (including phenoxy) is 2. The van der Waals surface area contributed by atoms with E-state index in [0.717, 1.165) is 34.9 Å². The van der Waals surface area contributed by atoms with Gasteiger partial charge in [0.1, 0.15) is 11.4 Å². The highest BCUT2D eigenvalue weighted by Crippen LogP contribution is 2.29. The Hall–Kier alpha value is -4.72. The maximum absolute atomic E-state index is 14.1. The third kappa shape index (κ3) is 5.95. The fourth-order valence-corrected chi connectivity index (χ4v) is 5.62. The molecule has 2 aromatic heterocycles. The summed E-state index contributed by atoms with van der Waals surface area (Å²) in [5.41, 5.74) is -0.0791. The predicted octanol–water partition coefficient (Wildman–Crippen LogP) is 3.62. The molecule has 11 nitrogen and oxygen atoms in total. The zero-order valence-corrected chi connectivity index (χ0v) is 25.6. The lowest BCUT2D eigenvalue weighted by atomic mass is 10.0. The molecule has 1 N–H and O–H groups in total. The molecule has 43 heavy (non-hydrogen) atoms. The van der Waals surface area contributed by atoms with Crippen LogP contribution in [0.3, 0.4) is 0 Å². The number of hydrogen-bond acceptors (Lipinski definition) is 7. The molecule has 0 bridgehead atoms. The van der Waals surface area contributed by atoms with Crippen LogP contribution in [0.15, 0.2) is 46.0 Å². The monoisotopic (exact) mass is 586 g/mol. The lowest BCUT2D eigenvalue weighted by Gasteiger charge is -2.34. The molecule has 1 fully saturated rings. The first-order chi connectivity index (χ1) is 20.5. The fourth-order valence-electron chi connectivity index (χ4n) is 5.62.